The summed E-state index contributed by atoms with van der Waals surface area (Å²) in [5, 5.41) is 13.6. The van der Waals surface area contributed by atoms with Crippen molar-refractivity contribution < 1.29 is 5.11 Å². The molecule has 0 aliphatic rings. The fourth-order valence-corrected chi connectivity index (χ4v) is 2.63. The standard InChI is InChI=1S/C18H21N3O2/c1-11-3-5-13(6-4-11)17(22)10-19-12(2)14-7-8-15-16(9-14)21-18(23)20-15/h3-9,12,17,19,22H,10H2,1-2H3,(H2,20,21,23). The van der Waals surface area contributed by atoms with Crippen LogP contribution in [0.5, 0.6) is 0 Å². The number of benzene rings is 2. The Labute approximate surface area is 134 Å². The molecule has 0 saturated carbocycles. The van der Waals surface area contributed by atoms with E-state index in [9.17, 15) is 9.90 Å². The van der Waals surface area contributed by atoms with E-state index in [1.165, 1.54) is 5.56 Å². The van der Waals surface area contributed by atoms with Gasteiger partial charge in [-0.15, -0.1) is 0 Å². The number of aliphatic hydroxyl groups is 1. The van der Waals surface area contributed by atoms with Gasteiger partial charge in [-0.1, -0.05) is 35.9 Å². The number of nitrogens with one attached hydrogen (secondary N) is 3. The van der Waals surface area contributed by atoms with Crippen molar-refractivity contribution in [1.29, 1.82) is 0 Å². The lowest BCUT2D eigenvalue weighted by Gasteiger charge is -2.18. The third-order valence-electron chi connectivity index (χ3n) is 4.12. The molecule has 0 spiro atoms. The molecule has 0 saturated heterocycles. The number of aromatic amines is 2. The molecule has 3 rings (SSSR count). The van der Waals surface area contributed by atoms with E-state index in [2.05, 4.69) is 15.3 Å². The van der Waals surface area contributed by atoms with E-state index in [0.717, 1.165) is 22.2 Å². The zero-order valence-corrected chi connectivity index (χ0v) is 13.3. The molecule has 0 fully saturated rings. The maximum atomic E-state index is 11.3. The van der Waals surface area contributed by atoms with E-state index >= 15 is 0 Å². The quantitative estimate of drug-likeness (QED) is 0.584. The number of hydrogen-bond acceptors (Lipinski definition) is 3. The monoisotopic (exact) mass is 311 g/mol. The van der Waals surface area contributed by atoms with Gasteiger partial charge in [-0.2, -0.15) is 0 Å². The second-order valence-electron chi connectivity index (χ2n) is 5.94. The van der Waals surface area contributed by atoms with Gasteiger partial charge < -0.3 is 20.4 Å². The molecule has 3 aromatic rings. The molecular weight excluding hydrogens is 290 g/mol. The molecule has 0 radical (unpaired) electrons. The highest BCUT2D eigenvalue weighted by molar-refractivity contribution is 5.75. The first-order valence-electron chi connectivity index (χ1n) is 7.73. The fourth-order valence-electron chi connectivity index (χ4n) is 2.63. The number of aromatic nitrogens is 2. The van der Waals surface area contributed by atoms with Gasteiger partial charge in [0, 0.05) is 12.6 Å². The first-order valence-corrected chi connectivity index (χ1v) is 7.73. The molecule has 120 valence electrons. The number of fused-ring (bicyclic) bond motifs is 1. The Hall–Kier alpha value is -2.37. The number of H-pyrrole nitrogens is 2. The summed E-state index contributed by atoms with van der Waals surface area (Å²) in [7, 11) is 0. The predicted molar refractivity (Wildman–Crippen MR) is 91.5 cm³/mol. The molecule has 0 bridgehead atoms. The van der Waals surface area contributed by atoms with Crippen LogP contribution < -0.4 is 11.0 Å². The Balaban J connectivity index is 1.66. The van der Waals surface area contributed by atoms with Crippen LogP contribution in [0.3, 0.4) is 0 Å². The van der Waals surface area contributed by atoms with Crippen molar-refractivity contribution in [3.05, 3.63) is 69.6 Å². The largest absolute Gasteiger partial charge is 0.387 e. The summed E-state index contributed by atoms with van der Waals surface area (Å²) < 4.78 is 0. The van der Waals surface area contributed by atoms with Crippen molar-refractivity contribution >= 4 is 11.0 Å². The first kappa shape index (κ1) is 15.5. The Kier molecular flexibility index (Phi) is 4.32. The average molecular weight is 311 g/mol. The number of aryl methyl sites for hydroxylation is 1. The third-order valence-corrected chi connectivity index (χ3v) is 4.12. The molecule has 23 heavy (non-hydrogen) atoms. The zero-order chi connectivity index (χ0) is 16.4. The van der Waals surface area contributed by atoms with Crippen LogP contribution in [-0.2, 0) is 0 Å². The maximum absolute atomic E-state index is 11.3. The topological polar surface area (TPSA) is 80.9 Å². The summed E-state index contributed by atoms with van der Waals surface area (Å²) in [5.74, 6) is 0. The van der Waals surface area contributed by atoms with Crippen LogP contribution in [0.25, 0.3) is 11.0 Å². The van der Waals surface area contributed by atoms with Crippen LogP contribution in [0, 0.1) is 6.92 Å². The minimum absolute atomic E-state index is 0.0675. The minimum atomic E-state index is -0.547. The van der Waals surface area contributed by atoms with Gasteiger partial charge in [0.2, 0.25) is 0 Å². The summed E-state index contributed by atoms with van der Waals surface area (Å²) in [6.45, 7) is 4.53. The number of aliphatic hydroxyl groups excluding tert-OH is 1. The maximum Gasteiger partial charge on any atom is 0.323 e. The smallest absolute Gasteiger partial charge is 0.323 e. The van der Waals surface area contributed by atoms with Crippen LogP contribution in [0.2, 0.25) is 0 Å². The second kappa shape index (κ2) is 6.40. The summed E-state index contributed by atoms with van der Waals surface area (Å²) in [6, 6.07) is 13.8. The molecule has 2 aromatic carbocycles. The van der Waals surface area contributed by atoms with E-state index in [-0.39, 0.29) is 11.7 Å². The van der Waals surface area contributed by atoms with Crippen molar-refractivity contribution in [3.8, 4) is 0 Å². The van der Waals surface area contributed by atoms with E-state index in [0.29, 0.717) is 6.54 Å². The van der Waals surface area contributed by atoms with E-state index in [1.807, 2.05) is 56.3 Å². The lowest BCUT2D eigenvalue weighted by atomic mass is 10.1. The molecule has 5 nitrogen and oxygen atoms in total. The normalized spacial score (nSPS) is 14.0. The van der Waals surface area contributed by atoms with E-state index in [4.69, 9.17) is 0 Å². The molecule has 2 atom stereocenters. The van der Waals surface area contributed by atoms with Gasteiger partial charge >= 0.3 is 5.69 Å². The molecule has 2 unspecified atom stereocenters. The number of hydrogen-bond donors (Lipinski definition) is 4. The van der Waals surface area contributed by atoms with Crippen molar-refractivity contribution in [2.45, 2.75) is 26.0 Å². The number of imidazole rings is 1. The summed E-state index contributed by atoms with van der Waals surface area (Å²) in [4.78, 5) is 16.8. The first-order chi connectivity index (χ1) is 11.0. The summed E-state index contributed by atoms with van der Waals surface area (Å²) in [6.07, 6.45) is -0.547. The van der Waals surface area contributed by atoms with Crippen LogP contribution in [-0.4, -0.2) is 21.6 Å². The van der Waals surface area contributed by atoms with Gasteiger partial charge in [0.25, 0.3) is 0 Å². The minimum Gasteiger partial charge on any atom is -0.387 e. The Morgan fingerprint density at radius 3 is 2.43 bits per heavy atom. The molecule has 4 N–H and O–H groups in total. The third kappa shape index (κ3) is 3.52. The summed E-state index contributed by atoms with van der Waals surface area (Å²) >= 11 is 0. The highest BCUT2D eigenvalue weighted by Gasteiger charge is 2.11. The van der Waals surface area contributed by atoms with Gasteiger partial charge in [0.1, 0.15) is 0 Å². The lowest BCUT2D eigenvalue weighted by molar-refractivity contribution is 0.171. The van der Waals surface area contributed by atoms with Crippen LogP contribution in [0.1, 0.15) is 35.8 Å². The summed E-state index contributed by atoms with van der Waals surface area (Å²) in [5.41, 5.74) is 4.53. The van der Waals surface area contributed by atoms with Crippen molar-refractivity contribution in [3.63, 3.8) is 0 Å². The lowest BCUT2D eigenvalue weighted by Crippen LogP contribution is -2.24. The van der Waals surface area contributed by atoms with E-state index < -0.39 is 6.10 Å². The fraction of sp³-hybridized carbons (Fsp3) is 0.278. The van der Waals surface area contributed by atoms with Gasteiger partial charge in [0.15, 0.2) is 0 Å². The van der Waals surface area contributed by atoms with Crippen LogP contribution in [0.4, 0.5) is 0 Å². The molecule has 0 aliphatic heterocycles. The molecule has 0 aliphatic carbocycles. The van der Waals surface area contributed by atoms with Crippen molar-refractivity contribution in [1.82, 2.24) is 15.3 Å². The molecule has 1 aromatic heterocycles. The molecule has 0 amide bonds. The predicted octanol–water partition coefficient (Wildman–Crippen LogP) is 2.55. The second-order valence-corrected chi connectivity index (χ2v) is 5.94. The molecular formula is C18H21N3O2. The van der Waals surface area contributed by atoms with Gasteiger partial charge in [0.05, 0.1) is 17.1 Å². The van der Waals surface area contributed by atoms with Crippen LogP contribution >= 0.6 is 0 Å². The van der Waals surface area contributed by atoms with Crippen molar-refractivity contribution in [2.24, 2.45) is 0 Å². The molecule has 5 heteroatoms. The van der Waals surface area contributed by atoms with Gasteiger partial charge in [-0.3, -0.25) is 0 Å². The highest BCUT2D eigenvalue weighted by Crippen LogP contribution is 2.19. The Morgan fingerprint density at radius 1 is 1.04 bits per heavy atom. The SMILES string of the molecule is Cc1ccc(C(O)CNC(C)c2ccc3[nH]c(=O)[nH]c3c2)cc1. The van der Waals surface area contributed by atoms with Gasteiger partial charge in [-0.05, 0) is 37.1 Å². The van der Waals surface area contributed by atoms with E-state index in [1.54, 1.807) is 0 Å². The zero-order valence-electron chi connectivity index (χ0n) is 13.3. The van der Waals surface area contributed by atoms with Gasteiger partial charge in [-0.25, -0.2) is 4.79 Å². The Morgan fingerprint density at radius 2 is 1.70 bits per heavy atom. The van der Waals surface area contributed by atoms with Crippen molar-refractivity contribution in [2.75, 3.05) is 6.54 Å². The Bertz CT molecular complexity index is 849. The molecule has 1 heterocycles. The number of rotatable bonds is 5. The highest BCUT2D eigenvalue weighted by atomic mass is 16.3. The average Bonchev–Trinajstić information content (AvgIpc) is 2.92. The van der Waals surface area contributed by atoms with Crippen LogP contribution in [0.15, 0.2) is 47.3 Å².